The molecule has 6 rings (SSSR count). The highest BCUT2D eigenvalue weighted by atomic mass is 28.4. The van der Waals surface area contributed by atoms with Crippen LogP contribution in [0.25, 0.3) is 0 Å². The molecule has 470 valence electrons. The van der Waals surface area contributed by atoms with Crippen LogP contribution in [-0.2, 0) is 56.8 Å². The minimum atomic E-state index is -2.78. The molecular weight excluding hydrogens is 1090 g/mol. The van der Waals surface area contributed by atoms with Crippen LogP contribution in [0.4, 0.5) is 0 Å². The summed E-state index contributed by atoms with van der Waals surface area (Å²) in [7, 11) is 1.90. The lowest BCUT2D eigenvalue weighted by molar-refractivity contribution is -0.265. The Balaban J connectivity index is 1.23. The Morgan fingerprint density at radius 1 is 0.765 bits per heavy atom. The van der Waals surface area contributed by atoms with Gasteiger partial charge >= 0.3 is 5.97 Å². The van der Waals surface area contributed by atoms with Crippen LogP contribution in [0.15, 0.2) is 108 Å². The van der Waals surface area contributed by atoms with Gasteiger partial charge in [-0.2, -0.15) is 0 Å². The van der Waals surface area contributed by atoms with Crippen LogP contribution in [0.3, 0.4) is 0 Å². The molecule has 2 aromatic carbocycles. The smallest absolute Gasteiger partial charge is 0.329 e. The number of esters is 1. The first-order chi connectivity index (χ1) is 40.4. The Morgan fingerprint density at radius 3 is 2.06 bits per heavy atom. The van der Waals surface area contributed by atoms with Gasteiger partial charge in [-0.25, -0.2) is 4.79 Å². The van der Waals surface area contributed by atoms with Gasteiger partial charge in [0.25, 0.3) is 20.0 Å². The Morgan fingerprint density at radius 2 is 1.44 bits per heavy atom. The summed E-state index contributed by atoms with van der Waals surface area (Å²) < 4.78 is 44.1. The molecule has 3 fully saturated rings. The highest BCUT2D eigenvalue weighted by Gasteiger charge is 2.54. The second-order valence-electron chi connectivity index (χ2n) is 25.9. The van der Waals surface area contributed by atoms with Gasteiger partial charge in [0.15, 0.2) is 5.78 Å². The molecule has 3 heterocycles. The number of fused-ring (bicyclic) bond motifs is 3. The van der Waals surface area contributed by atoms with Gasteiger partial charge < -0.3 is 48.0 Å². The molecule has 1 aliphatic carbocycles. The number of carbonyl (C=O) groups is 5. The molecule has 1 amide bonds. The normalized spacial score (nSPS) is 33.0. The predicted octanol–water partition coefficient (Wildman–Crippen LogP) is 9.78. The van der Waals surface area contributed by atoms with Crippen LogP contribution in [-0.4, -0.2) is 148 Å². The molecule has 0 unspecified atom stereocenters. The summed E-state index contributed by atoms with van der Waals surface area (Å²) in [5, 5.41) is 26.0. The number of aliphatic hydroxyl groups excluding tert-OH is 1. The number of hydrogen-bond acceptors (Lipinski definition) is 14. The Hall–Kier alpha value is -4.75. The van der Waals surface area contributed by atoms with E-state index in [4.69, 9.17) is 32.8 Å². The zero-order chi connectivity index (χ0) is 62.2. The molecule has 2 bridgehead atoms. The zero-order valence-electron chi connectivity index (χ0n) is 53.2. The summed E-state index contributed by atoms with van der Waals surface area (Å²) >= 11 is 0. The van der Waals surface area contributed by atoms with Crippen LogP contribution in [0.5, 0.6) is 0 Å². The lowest BCUT2D eigenvalue weighted by Crippen LogP contribution is -2.66. The first-order valence-electron chi connectivity index (χ1n) is 31.3. The van der Waals surface area contributed by atoms with Gasteiger partial charge in [-0.3, -0.25) is 19.2 Å². The van der Waals surface area contributed by atoms with E-state index in [-0.39, 0.29) is 66.0 Å². The molecule has 2 aromatic rings. The van der Waals surface area contributed by atoms with Crippen LogP contribution in [0, 0.1) is 35.5 Å². The first-order valence-corrected chi connectivity index (χ1v) is 33.2. The third-order valence-corrected chi connectivity index (χ3v) is 23.6. The van der Waals surface area contributed by atoms with Gasteiger partial charge in [0.05, 0.1) is 37.6 Å². The third-order valence-electron chi connectivity index (χ3n) is 18.6. The van der Waals surface area contributed by atoms with Gasteiger partial charge in [-0.1, -0.05) is 153 Å². The van der Waals surface area contributed by atoms with Crippen molar-refractivity contribution in [1.29, 1.82) is 0 Å². The van der Waals surface area contributed by atoms with Gasteiger partial charge in [0, 0.05) is 58.5 Å². The Kier molecular flexibility index (Phi) is 26.1. The molecular formula is C69H101NO14Si. The molecule has 16 heteroatoms. The highest BCUT2D eigenvalue weighted by molar-refractivity contribution is 6.99. The fourth-order valence-electron chi connectivity index (χ4n) is 13.4. The van der Waals surface area contributed by atoms with Crippen LogP contribution in [0.1, 0.15) is 146 Å². The zero-order valence-corrected chi connectivity index (χ0v) is 54.2. The van der Waals surface area contributed by atoms with E-state index < -0.39 is 86.1 Å². The van der Waals surface area contributed by atoms with Crippen molar-refractivity contribution >= 4 is 47.9 Å². The van der Waals surface area contributed by atoms with E-state index in [9.17, 15) is 34.2 Å². The van der Waals surface area contributed by atoms with Gasteiger partial charge in [0.1, 0.15) is 30.1 Å². The van der Waals surface area contributed by atoms with Gasteiger partial charge in [-0.15, -0.1) is 0 Å². The number of Topliss-reactive ketones (excluding diaryl/α,β-unsaturated/α-hetero) is 3. The largest absolute Gasteiger partial charge is 0.460 e. The van der Waals surface area contributed by atoms with Crippen molar-refractivity contribution in [2.75, 3.05) is 41.1 Å². The topological polar surface area (TPSA) is 194 Å². The lowest BCUT2D eigenvalue weighted by Gasteiger charge is -2.43. The van der Waals surface area contributed by atoms with E-state index in [0.29, 0.717) is 76.6 Å². The van der Waals surface area contributed by atoms with E-state index in [2.05, 4.69) is 69.3 Å². The van der Waals surface area contributed by atoms with E-state index in [1.807, 2.05) is 70.2 Å². The second kappa shape index (κ2) is 31.9. The first kappa shape index (κ1) is 69.3. The summed E-state index contributed by atoms with van der Waals surface area (Å²) in [5.41, 5.74) is 1.27. The predicted molar refractivity (Wildman–Crippen MR) is 332 cm³/mol. The number of methoxy groups -OCH3 is 3. The van der Waals surface area contributed by atoms with Crippen molar-refractivity contribution in [2.45, 2.75) is 206 Å². The number of carbonyl (C=O) groups excluding carboxylic acids is 5. The summed E-state index contributed by atoms with van der Waals surface area (Å²) in [4.78, 5) is 73.4. The number of hydrogen-bond donors (Lipinski definition) is 2. The molecule has 2 saturated heterocycles. The SMILES string of the molecule is CO[C@H]1C[C@@H]2CC[C@@H](C)[C@@](O)(O2)C(=O)C(=O)N2CCCC[C@H]2C(=O)O[C@H]([C@H](C)C[C@@H]2CC[C@@H](OCCO[Si](c3ccccc3)(c3ccccc3)C(C)(C)C)[C@H](OC)C2)CC(=O)[C@H](C)/C=C(\C)[C@@H](O)[C@@H](OC)C(=O)[C@H](C)C[C@H](C)/C=C/C=CC=C1C. The van der Waals surface area contributed by atoms with Crippen molar-refractivity contribution in [3.8, 4) is 0 Å². The molecule has 3 aliphatic heterocycles. The molecule has 15 atom stereocenters. The molecule has 15 nitrogen and oxygen atoms in total. The summed E-state index contributed by atoms with van der Waals surface area (Å²) in [5.74, 6) is -8.04. The molecule has 85 heavy (non-hydrogen) atoms. The lowest BCUT2D eigenvalue weighted by atomic mass is 9.78. The molecule has 0 aromatic heterocycles. The standard InChI is InChI=1S/C69H101NO14Si/c1-45-25-17-14-18-26-46(2)59(78-11)43-53-34-32-51(7)69(77,84-53)65(74)66(75)70-36-24-23-31-56(70)67(76)83-60(44-57(71)47(3)40-50(6)63(73)64(80-13)62(72)49(5)39-45)48(4)41-52-33-35-58(61(42-52)79-12)81-37-38-82-85(68(8,9)10,54-27-19-15-20-28-54)55-29-21-16-22-30-55/h14-22,25-30,40,45,47-49,51-53,56,58-61,63-64,73,77H,23-24,31-39,41-44H2,1-13H3/b18-14?,25-17+,46-26?,50-40+/t45-,47-,48-,49-,51-,52+,53+,56+,58-,59+,60+,61-,63-,64+,69-/m1/s1. The third kappa shape index (κ3) is 17.5. The maximum atomic E-state index is 14.8. The minimum Gasteiger partial charge on any atom is -0.460 e. The maximum absolute atomic E-state index is 14.8. The van der Waals surface area contributed by atoms with Crippen LogP contribution in [0.2, 0.25) is 5.04 Å². The highest BCUT2D eigenvalue weighted by Crippen LogP contribution is 2.40. The number of nitrogens with zero attached hydrogens (tertiary/aromatic N) is 1. The number of benzene rings is 2. The van der Waals surface area contributed by atoms with Crippen molar-refractivity contribution in [2.24, 2.45) is 35.5 Å². The molecule has 0 spiro atoms. The van der Waals surface area contributed by atoms with E-state index in [1.165, 1.54) is 22.4 Å². The summed E-state index contributed by atoms with van der Waals surface area (Å²) in [6.07, 6.45) is 11.9. The maximum Gasteiger partial charge on any atom is 0.329 e. The number of cyclic esters (lactones) is 1. The average molecular weight is 1200 g/mol. The molecule has 2 N–H and O–H groups in total. The van der Waals surface area contributed by atoms with Crippen LogP contribution >= 0.6 is 0 Å². The van der Waals surface area contributed by atoms with Crippen molar-refractivity contribution in [3.63, 3.8) is 0 Å². The fraction of sp³-hybridized carbons (Fsp3) is 0.638. The van der Waals surface area contributed by atoms with Crippen molar-refractivity contribution in [3.05, 3.63) is 108 Å². The monoisotopic (exact) mass is 1200 g/mol. The number of ketones is 3. The van der Waals surface area contributed by atoms with Gasteiger partial charge in [-0.05, 0) is 122 Å². The van der Waals surface area contributed by atoms with Crippen molar-refractivity contribution < 1.29 is 67.0 Å². The van der Waals surface area contributed by atoms with E-state index in [1.54, 1.807) is 41.1 Å². The Bertz CT molecular complexity index is 2590. The average Bonchev–Trinajstić information content (AvgIpc) is 3.68. The summed E-state index contributed by atoms with van der Waals surface area (Å²) in [6.45, 7) is 20.4. The minimum absolute atomic E-state index is 0.00792. The number of piperidine rings is 1. The van der Waals surface area contributed by atoms with Crippen molar-refractivity contribution in [1.82, 2.24) is 4.90 Å². The number of allylic oxidation sites excluding steroid dienone is 6. The molecule has 1 saturated carbocycles. The molecule has 0 radical (unpaired) electrons. The number of ether oxygens (including phenoxy) is 6. The van der Waals surface area contributed by atoms with E-state index >= 15 is 0 Å². The number of amides is 1. The summed E-state index contributed by atoms with van der Waals surface area (Å²) in [6, 6.07) is 19.9. The number of rotatable bonds is 13. The number of aliphatic hydroxyl groups is 2. The van der Waals surface area contributed by atoms with E-state index in [0.717, 1.165) is 12.0 Å². The Labute approximate surface area is 508 Å². The quantitative estimate of drug-likeness (QED) is 0.0633. The van der Waals surface area contributed by atoms with Gasteiger partial charge in [0.2, 0.25) is 5.79 Å². The fourth-order valence-corrected chi connectivity index (χ4v) is 18.0. The molecule has 4 aliphatic rings. The second-order valence-corrected chi connectivity index (χ2v) is 30.3. The van der Waals surface area contributed by atoms with Crippen LogP contribution < -0.4 is 10.4 Å².